The molecule has 1 heterocycles. The lowest BCUT2D eigenvalue weighted by Crippen LogP contribution is -2.25. The summed E-state index contributed by atoms with van der Waals surface area (Å²) in [6.07, 6.45) is 0.200. The number of halogens is 3. The topological polar surface area (TPSA) is 44.1 Å². The molecule has 1 unspecified atom stereocenters. The molecule has 0 aliphatic carbocycles. The minimum atomic E-state index is -0.315. The number of nitriles is 1. The first-order valence-corrected chi connectivity index (χ1v) is 6.01. The van der Waals surface area contributed by atoms with Crippen LogP contribution >= 0.6 is 34.8 Å². The summed E-state index contributed by atoms with van der Waals surface area (Å²) < 4.78 is 0. The molecule has 3 nitrogen and oxygen atoms in total. The predicted molar refractivity (Wildman–Crippen MR) is 67.5 cm³/mol. The fourth-order valence-corrected chi connectivity index (χ4v) is 2.82. The highest BCUT2D eigenvalue weighted by atomic mass is 35.5. The van der Waals surface area contributed by atoms with Crippen molar-refractivity contribution in [1.29, 1.82) is 5.26 Å². The number of rotatable bonds is 1. The van der Waals surface area contributed by atoms with Crippen molar-refractivity contribution in [3.8, 4) is 6.07 Å². The number of benzene rings is 1. The van der Waals surface area contributed by atoms with Crippen LogP contribution < -0.4 is 4.90 Å². The van der Waals surface area contributed by atoms with Crippen molar-refractivity contribution >= 4 is 46.4 Å². The van der Waals surface area contributed by atoms with E-state index >= 15 is 0 Å². The van der Waals surface area contributed by atoms with E-state index < -0.39 is 0 Å². The van der Waals surface area contributed by atoms with Crippen LogP contribution in [0.3, 0.4) is 0 Å². The summed E-state index contributed by atoms with van der Waals surface area (Å²) in [6, 6.07) is 5.12. The standard InChI is InChI=1S/C11H7Cl3N2O/c12-7-2-8(13)11(9(14)3-7)16-5-6(4-15)1-10(16)17/h2-3,6H,1,5H2. The Morgan fingerprint density at radius 2 is 1.88 bits per heavy atom. The van der Waals surface area contributed by atoms with Crippen molar-refractivity contribution in [2.75, 3.05) is 11.4 Å². The van der Waals surface area contributed by atoms with Crippen molar-refractivity contribution < 1.29 is 4.79 Å². The second-order valence-electron chi connectivity index (χ2n) is 3.75. The van der Waals surface area contributed by atoms with Gasteiger partial charge in [0.15, 0.2) is 0 Å². The lowest BCUT2D eigenvalue weighted by atomic mass is 10.1. The summed E-state index contributed by atoms with van der Waals surface area (Å²) in [5, 5.41) is 9.85. The monoisotopic (exact) mass is 288 g/mol. The van der Waals surface area contributed by atoms with Gasteiger partial charge in [-0.15, -0.1) is 0 Å². The van der Waals surface area contributed by atoms with E-state index in [-0.39, 0.29) is 18.2 Å². The molecule has 1 aliphatic heterocycles. The van der Waals surface area contributed by atoms with E-state index in [4.69, 9.17) is 40.1 Å². The van der Waals surface area contributed by atoms with Crippen molar-refractivity contribution in [2.45, 2.75) is 6.42 Å². The Balaban J connectivity index is 2.42. The molecule has 1 fully saturated rings. The van der Waals surface area contributed by atoms with E-state index in [1.54, 1.807) is 0 Å². The fraction of sp³-hybridized carbons (Fsp3) is 0.273. The molecule has 0 radical (unpaired) electrons. The van der Waals surface area contributed by atoms with Gasteiger partial charge in [0.25, 0.3) is 0 Å². The van der Waals surface area contributed by atoms with E-state index in [0.29, 0.717) is 27.3 Å². The Labute approximate surface area is 113 Å². The van der Waals surface area contributed by atoms with E-state index in [0.717, 1.165) is 0 Å². The van der Waals surface area contributed by atoms with Gasteiger partial charge in [-0.2, -0.15) is 5.26 Å². The van der Waals surface area contributed by atoms with Crippen LogP contribution in [0.4, 0.5) is 5.69 Å². The molecule has 1 aromatic rings. The molecule has 1 aromatic carbocycles. The van der Waals surface area contributed by atoms with Gasteiger partial charge < -0.3 is 4.90 Å². The minimum absolute atomic E-state index is 0.150. The number of carbonyl (C=O) groups is 1. The number of carbonyl (C=O) groups excluding carboxylic acids is 1. The first kappa shape index (κ1) is 12.5. The van der Waals surface area contributed by atoms with Crippen LogP contribution in [0, 0.1) is 17.2 Å². The molecule has 0 bridgehead atoms. The lowest BCUT2D eigenvalue weighted by molar-refractivity contribution is -0.117. The first-order valence-electron chi connectivity index (χ1n) is 4.87. The SMILES string of the molecule is N#CC1CC(=O)N(c2c(Cl)cc(Cl)cc2Cl)C1. The second kappa shape index (κ2) is 4.73. The molecule has 1 aliphatic rings. The van der Waals surface area contributed by atoms with E-state index in [1.807, 2.05) is 0 Å². The fourth-order valence-electron chi connectivity index (χ4n) is 1.80. The Morgan fingerprint density at radius 3 is 2.35 bits per heavy atom. The molecule has 0 saturated carbocycles. The largest absolute Gasteiger partial charge is 0.308 e. The Kier molecular flexibility index (Phi) is 3.48. The molecule has 6 heteroatoms. The molecule has 1 amide bonds. The number of amides is 1. The van der Waals surface area contributed by atoms with Crippen molar-refractivity contribution in [1.82, 2.24) is 0 Å². The van der Waals surface area contributed by atoms with Crippen LogP contribution in [0.15, 0.2) is 12.1 Å². The third-order valence-corrected chi connectivity index (χ3v) is 3.35. The van der Waals surface area contributed by atoms with Gasteiger partial charge in [0.05, 0.1) is 27.7 Å². The predicted octanol–water partition coefficient (Wildman–Crippen LogP) is 3.52. The summed E-state index contributed by atoms with van der Waals surface area (Å²) in [5.41, 5.74) is 0.431. The van der Waals surface area contributed by atoms with Gasteiger partial charge in [-0.1, -0.05) is 34.8 Å². The highest BCUT2D eigenvalue weighted by molar-refractivity contribution is 6.42. The average Bonchev–Trinajstić information content (AvgIpc) is 2.59. The van der Waals surface area contributed by atoms with E-state index in [1.165, 1.54) is 17.0 Å². The Hall–Kier alpha value is -0.950. The van der Waals surface area contributed by atoms with Gasteiger partial charge in [0, 0.05) is 18.0 Å². The Morgan fingerprint density at radius 1 is 1.29 bits per heavy atom. The molecule has 0 N–H and O–H groups in total. The zero-order valence-corrected chi connectivity index (χ0v) is 10.9. The van der Waals surface area contributed by atoms with Crippen molar-refractivity contribution in [2.24, 2.45) is 5.92 Å². The van der Waals surface area contributed by atoms with Gasteiger partial charge in [0.1, 0.15) is 0 Å². The van der Waals surface area contributed by atoms with Crippen LogP contribution in [0.5, 0.6) is 0 Å². The van der Waals surface area contributed by atoms with Crippen LogP contribution in [0.1, 0.15) is 6.42 Å². The number of nitrogens with zero attached hydrogens (tertiary/aromatic N) is 2. The zero-order chi connectivity index (χ0) is 12.6. The molecule has 2 rings (SSSR count). The van der Waals surface area contributed by atoms with Crippen LogP contribution in [-0.4, -0.2) is 12.5 Å². The van der Waals surface area contributed by atoms with Crippen LogP contribution in [-0.2, 0) is 4.79 Å². The summed E-state index contributed by atoms with van der Waals surface area (Å²) in [4.78, 5) is 13.2. The average molecular weight is 290 g/mol. The molecule has 0 aromatic heterocycles. The van der Waals surface area contributed by atoms with Gasteiger partial charge in [-0.05, 0) is 12.1 Å². The van der Waals surface area contributed by atoms with Gasteiger partial charge >= 0.3 is 0 Å². The van der Waals surface area contributed by atoms with Crippen LogP contribution in [0.2, 0.25) is 15.1 Å². The molecule has 88 valence electrons. The van der Waals surface area contributed by atoms with Gasteiger partial charge in [-0.3, -0.25) is 4.79 Å². The summed E-state index contributed by atoms with van der Waals surface area (Å²) in [5.74, 6) is -0.465. The summed E-state index contributed by atoms with van der Waals surface area (Å²) >= 11 is 17.8. The maximum Gasteiger partial charge on any atom is 0.228 e. The van der Waals surface area contributed by atoms with E-state index in [9.17, 15) is 4.79 Å². The highest BCUT2D eigenvalue weighted by Gasteiger charge is 2.32. The molecule has 17 heavy (non-hydrogen) atoms. The first-order chi connectivity index (χ1) is 8.02. The summed E-state index contributed by atoms with van der Waals surface area (Å²) in [6.45, 7) is 0.316. The third-order valence-electron chi connectivity index (χ3n) is 2.56. The molecule has 0 spiro atoms. The van der Waals surface area contributed by atoms with Crippen molar-refractivity contribution in [3.05, 3.63) is 27.2 Å². The maximum atomic E-state index is 11.8. The molecule has 1 saturated heterocycles. The van der Waals surface area contributed by atoms with Gasteiger partial charge in [0.2, 0.25) is 5.91 Å². The maximum absolute atomic E-state index is 11.8. The number of hydrogen-bond donors (Lipinski definition) is 0. The zero-order valence-electron chi connectivity index (χ0n) is 8.58. The van der Waals surface area contributed by atoms with Crippen LogP contribution in [0.25, 0.3) is 0 Å². The second-order valence-corrected chi connectivity index (χ2v) is 5.00. The highest BCUT2D eigenvalue weighted by Crippen LogP contribution is 2.39. The molecular weight excluding hydrogens is 282 g/mol. The minimum Gasteiger partial charge on any atom is -0.308 e. The molecule has 1 atom stereocenters. The van der Waals surface area contributed by atoms with Crippen molar-refractivity contribution in [3.63, 3.8) is 0 Å². The Bertz CT molecular complexity index is 501. The number of anilines is 1. The third kappa shape index (κ3) is 2.35. The quantitative estimate of drug-likeness (QED) is 0.794. The van der Waals surface area contributed by atoms with E-state index in [2.05, 4.69) is 6.07 Å². The van der Waals surface area contributed by atoms with Gasteiger partial charge in [-0.25, -0.2) is 0 Å². The normalized spacial score (nSPS) is 19.5. The summed E-state index contributed by atoms with van der Waals surface area (Å²) in [7, 11) is 0. The smallest absolute Gasteiger partial charge is 0.228 e. The number of hydrogen-bond acceptors (Lipinski definition) is 2. The molecular formula is C11H7Cl3N2O. The lowest BCUT2D eigenvalue weighted by Gasteiger charge is -2.19.